The molecule has 0 aromatic carbocycles. The molecule has 0 aliphatic rings. The lowest BCUT2D eigenvalue weighted by Gasteiger charge is -2.23. The van der Waals surface area contributed by atoms with Crippen molar-refractivity contribution < 1.29 is 4.42 Å². The first-order chi connectivity index (χ1) is 7.17. The van der Waals surface area contributed by atoms with Crippen molar-refractivity contribution in [2.75, 3.05) is 0 Å². The lowest BCUT2D eigenvalue weighted by atomic mass is 10.3. The van der Waals surface area contributed by atoms with Crippen LogP contribution in [0.5, 0.6) is 0 Å². The molecule has 0 saturated carbocycles. The Morgan fingerprint density at radius 3 is 2.19 bits per heavy atom. The maximum Gasteiger partial charge on any atom is 0.175 e. The lowest BCUT2D eigenvalue weighted by Crippen LogP contribution is -2.46. The molecule has 1 aromatic heterocycles. The Morgan fingerprint density at radius 1 is 1.19 bits per heavy atom. The molecule has 90 valence electrons. The normalized spacial score (nSPS) is 14.0. The highest BCUT2D eigenvalue weighted by Gasteiger charge is 2.20. The van der Waals surface area contributed by atoms with Crippen molar-refractivity contribution in [3.05, 3.63) is 24.2 Å². The smallest absolute Gasteiger partial charge is 0.175 e. The van der Waals surface area contributed by atoms with Crippen LogP contribution in [0.4, 0.5) is 0 Å². The Hall–Kier alpha value is -0.816. The highest BCUT2D eigenvalue weighted by Crippen LogP contribution is 2.09. The summed E-state index contributed by atoms with van der Waals surface area (Å²) in [7, 11) is -2.85. The summed E-state index contributed by atoms with van der Waals surface area (Å²) < 4.78 is 9.99. The molecule has 1 N–H and O–H groups in total. The minimum Gasteiger partial charge on any atom is -0.472 e. The maximum absolute atomic E-state index is 5.13. The van der Waals surface area contributed by atoms with Gasteiger partial charge in [-0.1, -0.05) is 19.6 Å². The zero-order chi connectivity index (χ0) is 12.4. The summed E-state index contributed by atoms with van der Waals surface area (Å²) in [6.07, 6.45) is 3.45. The predicted molar refractivity (Wildman–Crippen MR) is 75.1 cm³/mol. The van der Waals surface area contributed by atoms with Crippen LogP contribution >= 0.6 is 0 Å². The Morgan fingerprint density at radius 2 is 1.81 bits per heavy atom. The van der Waals surface area contributed by atoms with E-state index in [9.17, 15) is 0 Å². The number of hydrogen-bond donors (Lipinski definition) is 1. The number of furan rings is 1. The third-order valence-corrected chi connectivity index (χ3v) is 3.62. The van der Waals surface area contributed by atoms with Gasteiger partial charge in [0.15, 0.2) is 8.24 Å². The summed E-state index contributed by atoms with van der Waals surface area (Å²) in [5.41, 5.74) is 1.06. The number of hydrogen-bond acceptors (Lipinski definition) is 2. The Kier molecular flexibility index (Phi) is 3.80. The second-order valence-corrected chi connectivity index (χ2v) is 15.3. The van der Waals surface area contributed by atoms with Gasteiger partial charge in [0.1, 0.15) is 20.3 Å². The second-order valence-electron chi connectivity index (χ2n) is 6.02. The molecule has 1 aromatic rings. The number of nitrogens with one attached hydrogen (secondary N) is 1. The summed E-state index contributed by atoms with van der Waals surface area (Å²) >= 11 is 0. The predicted octanol–water partition coefficient (Wildman–Crippen LogP) is 3.29. The average Bonchev–Trinajstić information content (AvgIpc) is 2.47. The second kappa shape index (κ2) is 4.59. The van der Waals surface area contributed by atoms with Gasteiger partial charge in [-0.3, -0.25) is 0 Å². The summed E-state index contributed by atoms with van der Waals surface area (Å²) in [4.78, 5) is 3.58. The van der Waals surface area contributed by atoms with E-state index >= 15 is 0 Å². The third-order valence-electron chi connectivity index (χ3n) is 1.74. The van der Waals surface area contributed by atoms with E-state index in [4.69, 9.17) is 9.08 Å². The van der Waals surface area contributed by atoms with Gasteiger partial charge in [0.05, 0.1) is 11.8 Å². The van der Waals surface area contributed by atoms with Crippen LogP contribution in [-0.4, -0.2) is 22.3 Å². The third kappa shape index (κ3) is 4.80. The van der Waals surface area contributed by atoms with Crippen LogP contribution in [-0.2, 0) is 0 Å². The molecule has 0 aliphatic heterocycles. The molecule has 0 atom stereocenters. The standard InChI is InChI=1S/C11H22N2OSi2/c1-15(2,3)12-11(13-16(4,5)6)10-7-8-14-9-10/h7-9H,1-6H3,(H,12,13). The van der Waals surface area contributed by atoms with Gasteiger partial charge in [-0.2, -0.15) is 0 Å². The summed E-state index contributed by atoms with van der Waals surface area (Å²) in [6.45, 7) is 13.5. The molecule has 5 heteroatoms. The van der Waals surface area contributed by atoms with Crippen molar-refractivity contribution >= 4 is 22.3 Å². The van der Waals surface area contributed by atoms with Crippen molar-refractivity contribution in [2.45, 2.75) is 39.3 Å². The Labute approximate surface area is 100 Å². The summed E-state index contributed by atoms with van der Waals surface area (Å²) in [5.74, 6) is 1.01. The van der Waals surface area contributed by atoms with E-state index in [0.717, 1.165) is 11.4 Å². The van der Waals surface area contributed by atoms with Gasteiger partial charge in [-0.05, 0) is 25.7 Å². The Balaban J connectivity index is 3.01. The number of amidine groups is 1. The molecule has 0 unspecified atom stereocenters. The molecule has 0 fully saturated rings. The first-order valence-electron chi connectivity index (χ1n) is 5.58. The molecule has 16 heavy (non-hydrogen) atoms. The van der Waals surface area contributed by atoms with E-state index in [2.05, 4.69) is 44.3 Å². The SMILES string of the molecule is C[Si](C)(C)/N=C(/N[Si](C)(C)C)c1ccoc1. The van der Waals surface area contributed by atoms with E-state index in [0.29, 0.717) is 0 Å². The largest absolute Gasteiger partial charge is 0.472 e. The van der Waals surface area contributed by atoms with Crippen LogP contribution in [0, 0.1) is 0 Å². The summed E-state index contributed by atoms with van der Waals surface area (Å²) in [5, 5.41) is 0. The maximum atomic E-state index is 5.13. The zero-order valence-corrected chi connectivity index (χ0v) is 13.1. The van der Waals surface area contributed by atoms with Crippen molar-refractivity contribution in [2.24, 2.45) is 4.66 Å². The molecular weight excluding hydrogens is 232 g/mol. The van der Waals surface area contributed by atoms with E-state index < -0.39 is 16.5 Å². The lowest BCUT2D eigenvalue weighted by molar-refractivity contribution is 0.567. The van der Waals surface area contributed by atoms with Gasteiger partial charge in [-0.15, -0.1) is 0 Å². The molecule has 1 heterocycles. The molecule has 1 rings (SSSR count). The molecular formula is C11H22N2OSi2. The fourth-order valence-electron chi connectivity index (χ4n) is 1.25. The van der Waals surface area contributed by atoms with E-state index in [1.165, 1.54) is 0 Å². The highest BCUT2D eigenvalue weighted by atomic mass is 28.3. The van der Waals surface area contributed by atoms with Crippen molar-refractivity contribution in [1.29, 1.82) is 0 Å². The molecule has 0 amide bonds. The van der Waals surface area contributed by atoms with Gasteiger partial charge in [0, 0.05) is 0 Å². The monoisotopic (exact) mass is 254 g/mol. The molecule has 0 bridgehead atoms. The van der Waals surface area contributed by atoms with Crippen LogP contribution in [0.1, 0.15) is 5.56 Å². The minimum atomic E-state index is -1.47. The fourth-order valence-corrected chi connectivity index (χ4v) is 3.13. The molecule has 3 nitrogen and oxygen atoms in total. The topological polar surface area (TPSA) is 37.5 Å². The van der Waals surface area contributed by atoms with Crippen LogP contribution < -0.4 is 4.98 Å². The van der Waals surface area contributed by atoms with Crippen LogP contribution in [0.2, 0.25) is 39.3 Å². The van der Waals surface area contributed by atoms with Gasteiger partial charge in [0.2, 0.25) is 0 Å². The molecule has 0 radical (unpaired) electrons. The number of rotatable bonds is 3. The Bertz CT molecular complexity index is 358. The first kappa shape index (κ1) is 13.2. The highest BCUT2D eigenvalue weighted by molar-refractivity contribution is 6.78. The zero-order valence-electron chi connectivity index (χ0n) is 11.1. The van der Waals surface area contributed by atoms with Gasteiger partial charge >= 0.3 is 0 Å². The first-order valence-corrected chi connectivity index (χ1v) is 12.5. The molecule has 0 saturated heterocycles. The van der Waals surface area contributed by atoms with Crippen LogP contribution in [0.25, 0.3) is 0 Å². The van der Waals surface area contributed by atoms with E-state index in [1.807, 2.05) is 6.07 Å². The quantitative estimate of drug-likeness (QED) is 0.510. The molecule has 0 aliphatic carbocycles. The van der Waals surface area contributed by atoms with E-state index in [1.54, 1.807) is 12.5 Å². The van der Waals surface area contributed by atoms with Crippen molar-refractivity contribution in [3.63, 3.8) is 0 Å². The van der Waals surface area contributed by atoms with E-state index in [-0.39, 0.29) is 0 Å². The van der Waals surface area contributed by atoms with Crippen molar-refractivity contribution in [1.82, 2.24) is 4.98 Å². The van der Waals surface area contributed by atoms with Gasteiger partial charge < -0.3 is 14.1 Å². The molecule has 0 spiro atoms. The van der Waals surface area contributed by atoms with Gasteiger partial charge in [-0.25, -0.2) is 0 Å². The van der Waals surface area contributed by atoms with Crippen LogP contribution in [0.15, 0.2) is 27.7 Å². The average molecular weight is 254 g/mol. The fraction of sp³-hybridized carbons (Fsp3) is 0.545. The van der Waals surface area contributed by atoms with Gasteiger partial charge in [0.25, 0.3) is 0 Å². The van der Waals surface area contributed by atoms with Crippen LogP contribution in [0.3, 0.4) is 0 Å². The summed E-state index contributed by atoms with van der Waals surface area (Å²) in [6, 6.07) is 1.96. The van der Waals surface area contributed by atoms with Crippen molar-refractivity contribution in [3.8, 4) is 0 Å². The number of nitrogens with zero attached hydrogens (tertiary/aromatic N) is 1. The minimum absolute atomic E-state index is 1.01.